The van der Waals surface area contributed by atoms with Crippen molar-refractivity contribution in [1.82, 2.24) is 10.1 Å². The summed E-state index contributed by atoms with van der Waals surface area (Å²) in [7, 11) is 0.820. The predicted molar refractivity (Wildman–Crippen MR) is 34.0 cm³/mol. The quantitative estimate of drug-likeness (QED) is 0.494. The van der Waals surface area contributed by atoms with Crippen LogP contribution in [-0.2, 0) is 0 Å². The Morgan fingerprint density at radius 3 is 2.00 bits per heavy atom. The Labute approximate surface area is 74.5 Å². The van der Waals surface area contributed by atoms with E-state index in [9.17, 15) is 26.4 Å². The Morgan fingerprint density at radius 2 is 1.71 bits per heavy atom. The Kier molecular flexibility index (Phi) is 2.28. The minimum atomic E-state index is -5.82. The predicted octanol–water partition coefficient (Wildman–Crippen LogP) is 1.59. The molecule has 3 nitrogen and oxygen atoms in total. The second kappa shape index (κ2) is 2.92. The summed E-state index contributed by atoms with van der Waals surface area (Å²) in [4.78, 5) is 0. The molecule has 9 heteroatoms. The highest BCUT2D eigenvalue weighted by molar-refractivity contribution is 5.55. The Morgan fingerprint density at radius 1 is 1.21 bits per heavy atom. The highest BCUT2D eigenvalue weighted by Gasteiger charge is 2.67. The van der Waals surface area contributed by atoms with E-state index in [2.05, 4.69) is 5.10 Å². The second-order valence-electron chi connectivity index (χ2n) is 2.64. The number of hydrazone groups is 1. The molecule has 0 aromatic rings. The molecule has 1 rings (SSSR count). The van der Waals surface area contributed by atoms with Crippen molar-refractivity contribution >= 4 is 6.34 Å². The lowest BCUT2D eigenvalue weighted by Gasteiger charge is -2.30. The Balaban J connectivity index is 2.93. The molecule has 0 bridgehead atoms. The first-order valence-electron chi connectivity index (χ1n) is 3.33. The van der Waals surface area contributed by atoms with E-state index < -0.39 is 23.4 Å². The average Bonchev–Trinajstić information content (AvgIpc) is 2.28. The third-order valence-corrected chi connectivity index (χ3v) is 1.63. The van der Waals surface area contributed by atoms with Crippen molar-refractivity contribution in [2.75, 3.05) is 7.05 Å². The van der Waals surface area contributed by atoms with Gasteiger partial charge in [-0.3, -0.25) is 5.01 Å². The summed E-state index contributed by atoms with van der Waals surface area (Å²) in [6.07, 6.45) is -8.34. The number of hydrogen-bond acceptors (Lipinski definition) is 3. The van der Waals surface area contributed by atoms with Gasteiger partial charge in [-0.25, -0.2) is 0 Å². The maximum Gasteiger partial charge on any atom is 0.457 e. The van der Waals surface area contributed by atoms with Gasteiger partial charge in [0.1, 0.15) is 6.34 Å². The van der Waals surface area contributed by atoms with Crippen LogP contribution in [0.25, 0.3) is 0 Å². The van der Waals surface area contributed by atoms with Crippen LogP contribution in [0.4, 0.5) is 26.4 Å². The molecule has 0 aromatic carbocycles. The van der Waals surface area contributed by atoms with Crippen molar-refractivity contribution in [1.29, 1.82) is 0 Å². The lowest BCUT2D eigenvalue weighted by atomic mass is 10.2. The fraction of sp³-hybridized carbons (Fsp3) is 0.800. The number of halogens is 6. The van der Waals surface area contributed by atoms with Crippen LogP contribution >= 0.6 is 0 Å². The number of alkyl halides is 5. The zero-order chi connectivity index (χ0) is 11.1. The van der Waals surface area contributed by atoms with Gasteiger partial charge in [-0.15, -0.1) is 0 Å². The lowest BCUT2D eigenvalue weighted by molar-refractivity contribution is -0.322. The molecule has 0 radical (unpaired) electrons. The van der Waals surface area contributed by atoms with E-state index in [-0.39, 0.29) is 11.3 Å². The van der Waals surface area contributed by atoms with Gasteiger partial charge in [0, 0.05) is 7.05 Å². The van der Waals surface area contributed by atoms with Crippen molar-refractivity contribution in [2.24, 2.45) is 5.10 Å². The smallest absolute Gasteiger partial charge is 0.267 e. The summed E-state index contributed by atoms with van der Waals surface area (Å²) < 4.78 is 73.2. The summed E-state index contributed by atoms with van der Waals surface area (Å²) in [6.45, 7) is 0. The van der Waals surface area contributed by atoms with Crippen molar-refractivity contribution in [3.63, 3.8) is 0 Å². The lowest BCUT2D eigenvalue weighted by Crippen LogP contribution is -2.56. The maximum absolute atomic E-state index is 12.6. The molecule has 0 saturated carbocycles. The first kappa shape index (κ1) is 10.9. The molecule has 1 unspecified atom stereocenters. The summed E-state index contributed by atoms with van der Waals surface area (Å²) in [5.74, 6) is -5.19. The molecule has 0 aromatic heterocycles. The van der Waals surface area contributed by atoms with Crippen LogP contribution in [-0.4, -0.2) is 41.8 Å². The van der Waals surface area contributed by atoms with Gasteiger partial charge in [0.05, 0.1) is 0 Å². The molecular weight excluding hydrogens is 216 g/mol. The van der Waals surface area contributed by atoms with Gasteiger partial charge in [0.25, 0.3) is 0 Å². The van der Waals surface area contributed by atoms with E-state index >= 15 is 0 Å². The van der Waals surface area contributed by atoms with Crippen LogP contribution in [0.3, 0.4) is 0 Å². The van der Waals surface area contributed by atoms with Crippen LogP contribution in [0.2, 0.25) is 0 Å². The van der Waals surface area contributed by atoms with E-state index in [4.69, 9.17) is 0 Å². The standard InChI is InChI=1S/C5H5F6N3/c1-13-3(14(11)2-12-13)4(6,7)5(8,9)10/h2-3H,1H3. The molecule has 0 N–H and O–H groups in total. The first-order valence-corrected chi connectivity index (χ1v) is 3.33. The van der Waals surface area contributed by atoms with E-state index in [1.165, 1.54) is 0 Å². The first-order chi connectivity index (χ1) is 6.18. The van der Waals surface area contributed by atoms with Gasteiger partial charge < -0.3 is 0 Å². The molecule has 0 saturated heterocycles. The van der Waals surface area contributed by atoms with Crippen molar-refractivity contribution in [3.8, 4) is 0 Å². The van der Waals surface area contributed by atoms with Gasteiger partial charge in [0.15, 0.2) is 0 Å². The van der Waals surface area contributed by atoms with Gasteiger partial charge in [-0.2, -0.15) is 32.2 Å². The molecule has 82 valence electrons. The molecule has 0 fully saturated rings. The molecule has 1 aliphatic rings. The van der Waals surface area contributed by atoms with Crippen LogP contribution in [0.15, 0.2) is 5.10 Å². The molecule has 1 aliphatic heterocycles. The van der Waals surface area contributed by atoms with E-state index in [0.717, 1.165) is 7.05 Å². The fourth-order valence-electron chi connectivity index (χ4n) is 0.953. The number of rotatable bonds is 1. The van der Waals surface area contributed by atoms with Crippen molar-refractivity contribution < 1.29 is 26.4 Å². The fourth-order valence-corrected chi connectivity index (χ4v) is 0.953. The molecule has 1 atom stereocenters. The van der Waals surface area contributed by atoms with Gasteiger partial charge in [-0.05, 0) is 0 Å². The molecule has 1 heterocycles. The molecular formula is C5H5F6N3. The SMILES string of the molecule is CN1N=CN(F)C1C(F)(F)C(F)(F)F. The van der Waals surface area contributed by atoms with Crippen LogP contribution in [0, 0.1) is 0 Å². The largest absolute Gasteiger partial charge is 0.457 e. The van der Waals surface area contributed by atoms with Crippen molar-refractivity contribution in [2.45, 2.75) is 18.3 Å². The number of nitrogens with zero attached hydrogens (tertiary/aromatic N) is 3. The summed E-state index contributed by atoms with van der Waals surface area (Å²) in [5.41, 5.74) is 0. The monoisotopic (exact) mass is 221 g/mol. The summed E-state index contributed by atoms with van der Waals surface area (Å²) in [6, 6.07) is 0. The third-order valence-electron chi connectivity index (χ3n) is 1.63. The average molecular weight is 221 g/mol. The molecule has 0 spiro atoms. The molecule has 14 heavy (non-hydrogen) atoms. The molecule has 0 aliphatic carbocycles. The van der Waals surface area contributed by atoms with Crippen LogP contribution in [0.1, 0.15) is 0 Å². The summed E-state index contributed by atoms with van der Waals surface area (Å²) >= 11 is 0. The Hall–Kier alpha value is -1.15. The minimum Gasteiger partial charge on any atom is -0.267 e. The zero-order valence-corrected chi connectivity index (χ0v) is 6.76. The zero-order valence-electron chi connectivity index (χ0n) is 6.76. The Bertz CT molecular complexity index is 236. The van der Waals surface area contributed by atoms with E-state index in [0.29, 0.717) is 0 Å². The normalized spacial score (nSPS) is 23.5. The molecule has 0 amide bonds. The van der Waals surface area contributed by atoms with Gasteiger partial charge in [0.2, 0.25) is 6.17 Å². The summed E-state index contributed by atoms with van der Waals surface area (Å²) in [5, 5.41) is 2.38. The van der Waals surface area contributed by atoms with Crippen LogP contribution in [0.5, 0.6) is 0 Å². The van der Waals surface area contributed by atoms with E-state index in [1.54, 1.807) is 0 Å². The highest BCUT2D eigenvalue weighted by Crippen LogP contribution is 2.41. The second-order valence-corrected chi connectivity index (χ2v) is 2.64. The highest BCUT2D eigenvalue weighted by atomic mass is 19.4. The third kappa shape index (κ3) is 1.46. The van der Waals surface area contributed by atoms with Gasteiger partial charge in [-0.1, -0.05) is 4.48 Å². The maximum atomic E-state index is 12.6. The van der Waals surface area contributed by atoms with E-state index in [1.807, 2.05) is 0 Å². The topological polar surface area (TPSA) is 18.8 Å². The minimum absolute atomic E-state index is 0.202. The van der Waals surface area contributed by atoms with Crippen LogP contribution < -0.4 is 0 Å². The van der Waals surface area contributed by atoms with Crippen molar-refractivity contribution in [3.05, 3.63) is 0 Å². The van der Waals surface area contributed by atoms with Gasteiger partial charge >= 0.3 is 12.1 Å². The number of hydrogen-bond donors (Lipinski definition) is 0.